The second-order valence-electron chi connectivity index (χ2n) is 3.69. The molecule has 0 heterocycles. The van der Waals surface area contributed by atoms with Crippen molar-refractivity contribution in [3.05, 3.63) is 66.0 Å². The van der Waals surface area contributed by atoms with Gasteiger partial charge < -0.3 is 0 Å². The molecular weight excluding hydrogens is 211 g/mol. The van der Waals surface area contributed by atoms with E-state index >= 15 is 0 Å². The minimum absolute atomic E-state index is 0.230. The Morgan fingerprint density at radius 2 is 1.76 bits per heavy atom. The summed E-state index contributed by atoms with van der Waals surface area (Å²) in [6.07, 6.45) is 3.59. The van der Waals surface area contributed by atoms with Gasteiger partial charge in [-0.3, -0.25) is 0 Å². The molecule has 1 heteroatoms. The largest absolute Gasteiger partial charge is 0.206 e. The van der Waals surface area contributed by atoms with Crippen LogP contribution < -0.4 is 0 Å². The lowest BCUT2D eigenvalue weighted by Crippen LogP contribution is -1.87. The Morgan fingerprint density at radius 1 is 1.18 bits per heavy atom. The van der Waals surface area contributed by atoms with Gasteiger partial charge in [-0.05, 0) is 31.1 Å². The molecule has 0 atom stereocenters. The van der Waals surface area contributed by atoms with E-state index in [0.29, 0.717) is 11.1 Å². The highest BCUT2D eigenvalue weighted by atomic mass is 19.1. The van der Waals surface area contributed by atoms with Crippen molar-refractivity contribution in [2.45, 2.75) is 27.7 Å². The molecule has 1 aromatic rings. The molecule has 0 nitrogen and oxygen atoms in total. The average molecular weight is 232 g/mol. The van der Waals surface area contributed by atoms with Crippen LogP contribution in [0.15, 0.2) is 49.1 Å². The molecule has 0 N–H and O–H groups in total. The van der Waals surface area contributed by atoms with Crippen molar-refractivity contribution in [1.29, 1.82) is 0 Å². The van der Waals surface area contributed by atoms with E-state index in [0.717, 1.165) is 11.1 Å². The molecule has 0 fully saturated rings. The maximum atomic E-state index is 13.5. The van der Waals surface area contributed by atoms with Gasteiger partial charge in [-0.15, -0.1) is 0 Å². The van der Waals surface area contributed by atoms with E-state index in [-0.39, 0.29) is 5.82 Å². The predicted molar refractivity (Wildman–Crippen MR) is 75.5 cm³/mol. The van der Waals surface area contributed by atoms with E-state index in [1.165, 1.54) is 6.07 Å². The number of hydrogen-bond donors (Lipinski definition) is 0. The lowest BCUT2D eigenvalue weighted by atomic mass is 10.0. The zero-order valence-electron chi connectivity index (χ0n) is 11.2. The number of allylic oxidation sites excluding steroid dienone is 4. The summed E-state index contributed by atoms with van der Waals surface area (Å²) in [5.41, 5.74) is 3.03. The van der Waals surface area contributed by atoms with E-state index in [4.69, 9.17) is 0 Å². The number of halogens is 1. The summed E-state index contributed by atoms with van der Waals surface area (Å²) < 4.78 is 13.5. The van der Waals surface area contributed by atoms with Gasteiger partial charge >= 0.3 is 0 Å². The van der Waals surface area contributed by atoms with Crippen LogP contribution in [0.5, 0.6) is 0 Å². The summed E-state index contributed by atoms with van der Waals surface area (Å²) in [5, 5.41) is 0. The lowest BCUT2D eigenvalue weighted by Gasteiger charge is -2.03. The highest BCUT2D eigenvalue weighted by Gasteiger charge is 2.03. The second kappa shape index (κ2) is 7.61. The Bertz CT molecular complexity index is 425. The SMILES string of the molecule is C=C(C)/C=C\C(=C)c1ccc(C)cc1F.CC. The monoisotopic (exact) mass is 232 g/mol. The van der Waals surface area contributed by atoms with E-state index in [1.54, 1.807) is 12.1 Å². The van der Waals surface area contributed by atoms with E-state index in [1.807, 2.05) is 39.8 Å². The van der Waals surface area contributed by atoms with Gasteiger partial charge in [0.2, 0.25) is 0 Å². The molecule has 0 aliphatic carbocycles. The molecule has 0 aliphatic heterocycles. The average Bonchev–Trinajstić information content (AvgIpc) is 2.28. The van der Waals surface area contributed by atoms with E-state index < -0.39 is 0 Å². The first-order valence-electron chi connectivity index (χ1n) is 5.79. The van der Waals surface area contributed by atoms with Crippen molar-refractivity contribution in [2.24, 2.45) is 0 Å². The number of benzene rings is 1. The van der Waals surface area contributed by atoms with Crippen molar-refractivity contribution < 1.29 is 4.39 Å². The molecule has 0 saturated carbocycles. The van der Waals surface area contributed by atoms with Gasteiger partial charge in [-0.1, -0.05) is 56.9 Å². The molecule has 0 radical (unpaired) electrons. The Labute approximate surface area is 104 Å². The third-order valence-electron chi connectivity index (χ3n) is 2.04. The van der Waals surface area contributed by atoms with Crippen LogP contribution in [-0.4, -0.2) is 0 Å². The zero-order chi connectivity index (χ0) is 13.4. The van der Waals surface area contributed by atoms with Gasteiger partial charge in [0.1, 0.15) is 5.82 Å². The Balaban J connectivity index is 0.00000121. The predicted octanol–water partition coefficient (Wildman–Crippen LogP) is 5.31. The smallest absolute Gasteiger partial charge is 0.131 e. The van der Waals surface area contributed by atoms with Crippen molar-refractivity contribution in [1.82, 2.24) is 0 Å². The summed E-state index contributed by atoms with van der Waals surface area (Å²) in [6.45, 7) is 15.3. The molecule has 0 aliphatic rings. The molecule has 17 heavy (non-hydrogen) atoms. The summed E-state index contributed by atoms with van der Waals surface area (Å²) in [7, 11) is 0. The number of rotatable bonds is 3. The molecule has 0 bridgehead atoms. The highest BCUT2D eigenvalue weighted by molar-refractivity contribution is 5.72. The first-order valence-corrected chi connectivity index (χ1v) is 5.79. The van der Waals surface area contributed by atoms with Crippen LogP contribution in [0, 0.1) is 12.7 Å². The fourth-order valence-electron chi connectivity index (χ4n) is 1.21. The van der Waals surface area contributed by atoms with Crippen molar-refractivity contribution in [3.8, 4) is 0 Å². The minimum Gasteiger partial charge on any atom is -0.206 e. The Morgan fingerprint density at radius 3 is 2.24 bits per heavy atom. The zero-order valence-corrected chi connectivity index (χ0v) is 11.2. The first-order chi connectivity index (χ1) is 8.00. The molecule has 0 amide bonds. The molecular formula is C16H21F. The Hall–Kier alpha value is -1.63. The Kier molecular flexibility index (Phi) is 6.88. The molecule has 0 spiro atoms. The van der Waals surface area contributed by atoms with Crippen molar-refractivity contribution in [2.75, 3.05) is 0 Å². The molecule has 0 aromatic heterocycles. The number of hydrogen-bond acceptors (Lipinski definition) is 0. The number of aryl methyl sites for hydroxylation is 1. The maximum absolute atomic E-state index is 13.5. The second-order valence-corrected chi connectivity index (χ2v) is 3.69. The topological polar surface area (TPSA) is 0 Å². The third-order valence-corrected chi connectivity index (χ3v) is 2.04. The van der Waals surface area contributed by atoms with Crippen LogP contribution in [-0.2, 0) is 0 Å². The van der Waals surface area contributed by atoms with Crippen LogP contribution in [0.3, 0.4) is 0 Å². The highest BCUT2D eigenvalue weighted by Crippen LogP contribution is 2.19. The molecule has 0 saturated heterocycles. The minimum atomic E-state index is -0.230. The van der Waals surface area contributed by atoms with E-state index in [9.17, 15) is 4.39 Å². The van der Waals surface area contributed by atoms with Crippen LogP contribution in [0.25, 0.3) is 5.57 Å². The van der Waals surface area contributed by atoms with E-state index in [2.05, 4.69) is 13.2 Å². The first kappa shape index (κ1) is 15.4. The standard InChI is InChI=1S/C14H15F.C2H6/c1-10(2)5-7-12(4)13-8-6-11(3)9-14(13)15;1-2/h5-9H,1,4H2,2-3H3;1-2H3/b7-5-;. The molecule has 0 unspecified atom stereocenters. The fraction of sp³-hybridized carbons (Fsp3) is 0.250. The summed E-state index contributed by atoms with van der Waals surface area (Å²) in [6, 6.07) is 5.13. The molecule has 92 valence electrons. The van der Waals surface area contributed by atoms with Gasteiger partial charge in [0.15, 0.2) is 0 Å². The lowest BCUT2D eigenvalue weighted by molar-refractivity contribution is 0.623. The van der Waals surface area contributed by atoms with Crippen LogP contribution in [0.4, 0.5) is 4.39 Å². The quantitative estimate of drug-likeness (QED) is 0.620. The van der Waals surface area contributed by atoms with Crippen LogP contribution in [0.2, 0.25) is 0 Å². The van der Waals surface area contributed by atoms with Crippen molar-refractivity contribution in [3.63, 3.8) is 0 Å². The summed E-state index contributed by atoms with van der Waals surface area (Å²) in [4.78, 5) is 0. The summed E-state index contributed by atoms with van der Waals surface area (Å²) in [5.74, 6) is -0.230. The summed E-state index contributed by atoms with van der Waals surface area (Å²) >= 11 is 0. The maximum Gasteiger partial charge on any atom is 0.131 e. The van der Waals surface area contributed by atoms with Crippen LogP contribution >= 0.6 is 0 Å². The van der Waals surface area contributed by atoms with Gasteiger partial charge in [-0.2, -0.15) is 0 Å². The molecule has 1 rings (SSSR count). The fourth-order valence-corrected chi connectivity index (χ4v) is 1.21. The van der Waals surface area contributed by atoms with Gasteiger partial charge in [0, 0.05) is 5.56 Å². The van der Waals surface area contributed by atoms with Crippen LogP contribution in [0.1, 0.15) is 31.9 Å². The van der Waals surface area contributed by atoms with Gasteiger partial charge in [0.05, 0.1) is 0 Å². The van der Waals surface area contributed by atoms with Crippen molar-refractivity contribution >= 4 is 5.57 Å². The molecule has 1 aromatic carbocycles. The van der Waals surface area contributed by atoms with Gasteiger partial charge in [0.25, 0.3) is 0 Å². The third kappa shape index (κ3) is 5.30. The normalized spacial score (nSPS) is 9.71. The van der Waals surface area contributed by atoms with Gasteiger partial charge in [-0.25, -0.2) is 4.39 Å².